The van der Waals surface area contributed by atoms with Gasteiger partial charge in [-0.1, -0.05) is 31.5 Å². The maximum Gasteiger partial charge on any atom is 0.340 e. The fourth-order valence-electron chi connectivity index (χ4n) is 3.02. The second kappa shape index (κ2) is 9.05. The van der Waals surface area contributed by atoms with E-state index in [1.165, 1.54) is 12.1 Å². The summed E-state index contributed by atoms with van der Waals surface area (Å²) in [6, 6.07) is 9.77. The van der Waals surface area contributed by atoms with Crippen LogP contribution in [0.3, 0.4) is 0 Å². The molecule has 0 aromatic heterocycles. The molecular formula is C21H23ClN2O5. The molecule has 1 amide bonds. The first-order chi connectivity index (χ1) is 13.8. The number of nitrogens with one attached hydrogen (secondary N) is 1. The van der Waals surface area contributed by atoms with Crippen LogP contribution in [0.1, 0.15) is 35.8 Å². The van der Waals surface area contributed by atoms with Crippen LogP contribution in [-0.4, -0.2) is 31.7 Å². The number of anilines is 1. The van der Waals surface area contributed by atoms with Crippen molar-refractivity contribution in [3.8, 4) is 11.5 Å². The zero-order chi connectivity index (χ0) is 21.0. The van der Waals surface area contributed by atoms with E-state index in [1.807, 2.05) is 32.0 Å². The molecule has 2 aromatic carbocycles. The van der Waals surface area contributed by atoms with Crippen LogP contribution in [-0.2, 0) is 9.53 Å². The summed E-state index contributed by atoms with van der Waals surface area (Å²) in [5.74, 6) is 0.298. The Morgan fingerprint density at radius 2 is 1.86 bits per heavy atom. The smallest absolute Gasteiger partial charge is 0.340 e. The van der Waals surface area contributed by atoms with E-state index in [2.05, 4.69) is 5.32 Å². The number of carbonyl (C=O) groups excluding carboxylic acids is 2. The molecule has 0 radical (unpaired) electrons. The van der Waals surface area contributed by atoms with E-state index in [0.29, 0.717) is 29.7 Å². The quantitative estimate of drug-likeness (QED) is 0.551. The van der Waals surface area contributed by atoms with Crippen LogP contribution >= 0.6 is 11.6 Å². The van der Waals surface area contributed by atoms with Crippen molar-refractivity contribution in [2.24, 2.45) is 5.92 Å². The predicted octanol–water partition coefficient (Wildman–Crippen LogP) is 3.36. The van der Waals surface area contributed by atoms with Gasteiger partial charge in [0.1, 0.15) is 13.2 Å². The number of carbonyl (C=O) groups is 2. The topological polar surface area (TPSA) is 99.9 Å². The molecule has 0 unspecified atom stereocenters. The Hall–Kier alpha value is -2.93. The maximum absolute atomic E-state index is 12.4. The summed E-state index contributed by atoms with van der Waals surface area (Å²) < 4.78 is 16.3. The molecule has 8 heteroatoms. The number of esters is 1. The monoisotopic (exact) mass is 418 g/mol. The highest BCUT2D eigenvalue weighted by atomic mass is 35.5. The number of halogens is 1. The number of hydrogen-bond acceptors (Lipinski definition) is 6. The molecule has 3 N–H and O–H groups in total. The molecule has 1 aliphatic heterocycles. The van der Waals surface area contributed by atoms with Crippen molar-refractivity contribution in [1.29, 1.82) is 0 Å². The minimum absolute atomic E-state index is 0.0979. The van der Waals surface area contributed by atoms with E-state index < -0.39 is 18.5 Å². The van der Waals surface area contributed by atoms with Crippen molar-refractivity contribution in [3.05, 3.63) is 52.5 Å². The molecule has 29 heavy (non-hydrogen) atoms. The van der Waals surface area contributed by atoms with E-state index in [-0.39, 0.29) is 23.2 Å². The lowest BCUT2D eigenvalue weighted by atomic mass is 9.95. The summed E-state index contributed by atoms with van der Waals surface area (Å²) in [7, 11) is 0. The first kappa shape index (κ1) is 20.8. The number of nitrogens with two attached hydrogens (primary N) is 1. The molecule has 0 saturated carbocycles. The number of rotatable bonds is 6. The Kier molecular flexibility index (Phi) is 6.49. The van der Waals surface area contributed by atoms with Gasteiger partial charge < -0.3 is 25.3 Å². The number of amides is 1. The van der Waals surface area contributed by atoms with Gasteiger partial charge in [0, 0.05) is 10.7 Å². The van der Waals surface area contributed by atoms with E-state index in [9.17, 15) is 9.59 Å². The number of hydrogen-bond donors (Lipinski definition) is 2. The second-order valence-corrected chi connectivity index (χ2v) is 7.44. The number of nitrogen functional groups attached to an aromatic ring is 1. The van der Waals surface area contributed by atoms with Gasteiger partial charge >= 0.3 is 5.97 Å². The largest absolute Gasteiger partial charge is 0.486 e. The normalized spacial score (nSPS) is 13.7. The first-order valence-electron chi connectivity index (χ1n) is 9.26. The summed E-state index contributed by atoms with van der Waals surface area (Å²) in [5.41, 5.74) is 7.00. The Bertz CT molecular complexity index is 916. The molecule has 2 aromatic rings. The zero-order valence-electron chi connectivity index (χ0n) is 16.2. The van der Waals surface area contributed by atoms with Crippen molar-refractivity contribution in [2.45, 2.75) is 19.9 Å². The van der Waals surface area contributed by atoms with Gasteiger partial charge in [-0.2, -0.15) is 0 Å². The van der Waals surface area contributed by atoms with Crippen LogP contribution in [0.5, 0.6) is 11.5 Å². The van der Waals surface area contributed by atoms with Crippen LogP contribution < -0.4 is 20.5 Å². The van der Waals surface area contributed by atoms with E-state index in [0.717, 1.165) is 5.56 Å². The second-order valence-electron chi connectivity index (χ2n) is 7.00. The fraction of sp³-hybridized carbons (Fsp3) is 0.333. The molecule has 0 bridgehead atoms. The molecule has 1 atom stereocenters. The lowest BCUT2D eigenvalue weighted by Crippen LogP contribution is -2.35. The van der Waals surface area contributed by atoms with Crippen molar-refractivity contribution < 1.29 is 23.8 Å². The van der Waals surface area contributed by atoms with Gasteiger partial charge in [0.05, 0.1) is 11.6 Å². The predicted molar refractivity (Wildman–Crippen MR) is 109 cm³/mol. The molecular weight excluding hydrogens is 396 g/mol. The van der Waals surface area contributed by atoms with E-state index >= 15 is 0 Å². The van der Waals surface area contributed by atoms with E-state index in [4.69, 9.17) is 31.5 Å². The van der Waals surface area contributed by atoms with Gasteiger partial charge in [-0.25, -0.2) is 4.79 Å². The van der Waals surface area contributed by atoms with Gasteiger partial charge in [0.2, 0.25) is 0 Å². The molecule has 154 valence electrons. The van der Waals surface area contributed by atoms with Crippen molar-refractivity contribution in [3.63, 3.8) is 0 Å². The zero-order valence-corrected chi connectivity index (χ0v) is 17.0. The molecule has 0 saturated heterocycles. The van der Waals surface area contributed by atoms with Crippen LogP contribution in [0.2, 0.25) is 5.02 Å². The van der Waals surface area contributed by atoms with Crippen LogP contribution in [0, 0.1) is 5.92 Å². The minimum Gasteiger partial charge on any atom is -0.486 e. The SMILES string of the molecule is CC(C)[C@H](NC(=O)COC(=O)c1cc(Cl)ccc1N)c1ccc2c(c1)OCCO2. The minimum atomic E-state index is -0.708. The summed E-state index contributed by atoms with van der Waals surface area (Å²) in [6.45, 7) is 4.54. The van der Waals surface area contributed by atoms with Crippen LogP contribution in [0.15, 0.2) is 36.4 Å². The Morgan fingerprint density at radius 3 is 2.59 bits per heavy atom. The van der Waals surface area contributed by atoms with Gasteiger partial charge in [-0.3, -0.25) is 4.79 Å². The third-order valence-electron chi connectivity index (χ3n) is 4.48. The molecule has 1 heterocycles. The average molecular weight is 419 g/mol. The summed E-state index contributed by atoms with van der Waals surface area (Å²) >= 11 is 5.88. The number of benzene rings is 2. The summed E-state index contributed by atoms with van der Waals surface area (Å²) in [5, 5.41) is 3.26. The van der Waals surface area contributed by atoms with Gasteiger partial charge in [-0.05, 0) is 41.8 Å². The van der Waals surface area contributed by atoms with Crippen molar-refractivity contribution >= 4 is 29.2 Å². The van der Waals surface area contributed by atoms with Crippen LogP contribution in [0.4, 0.5) is 5.69 Å². The maximum atomic E-state index is 12.4. The third-order valence-corrected chi connectivity index (χ3v) is 4.71. The average Bonchev–Trinajstić information content (AvgIpc) is 2.71. The highest BCUT2D eigenvalue weighted by molar-refractivity contribution is 6.31. The first-order valence-corrected chi connectivity index (χ1v) is 9.64. The third kappa shape index (κ3) is 5.12. The van der Waals surface area contributed by atoms with Crippen molar-refractivity contribution in [2.75, 3.05) is 25.6 Å². The Morgan fingerprint density at radius 1 is 1.14 bits per heavy atom. The lowest BCUT2D eigenvalue weighted by molar-refractivity contribution is -0.125. The van der Waals surface area contributed by atoms with E-state index in [1.54, 1.807) is 6.07 Å². The number of fused-ring (bicyclic) bond motifs is 1. The van der Waals surface area contributed by atoms with Crippen molar-refractivity contribution in [1.82, 2.24) is 5.32 Å². The molecule has 1 aliphatic rings. The highest BCUT2D eigenvalue weighted by Gasteiger charge is 2.22. The number of ether oxygens (including phenoxy) is 3. The fourth-order valence-corrected chi connectivity index (χ4v) is 3.19. The molecule has 0 spiro atoms. The molecule has 0 aliphatic carbocycles. The van der Waals surface area contributed by atoms with Gasteiger partial charge in [0.25, 0.3) is 5.91 Å². The standard InChI is InChI=1S/C21H23ClN2O5/c1-12(2)20(13-3-6-17-18(9-13)28-8-7-27-17)24-19(25)11-29-21(26)15-10-14(22)4-5-16(15)23/h3-6,9-10,12,20H,7-8,11,23H2,1-2H3,(H,24,25)/t20-/m0/s1. The molecule has 7 nitrogen and oxygen atoms in total. The van der Waals surface area contributed by atoms with Gasteiger partial charge in [0.15, 0.2) is 18.1 Å². The molecule has 3 rings (SSSR count). The lowest BCUT2D eigenvalue weighted by Gasteiger charge is -2.25. The van der Waals surface area contributed by atoms with Gasteiger partial charge in [-0.15, -0.1) is 0 Å². The molecule has 0 fully saturated rings. The Labute approximate surface area is 174 Å². The van der Waals surface area contributed by atoms with Crippen LogP contribution in [0.25, 0.3) is 0 Å². The summed E-state index contributed by atoms with van der Waals surface area (Å²) in [4.78, 5) is 24.6. The highest BCUT2D eigenvalue weighted by Crippen LogP contribution is 2.34. The Balaban J connectivity index is 1.64. The summed E-state index contributed by atoms with van der Waals surface area (Å²) in [6.07, 6.45) is 0.